The van der Waals surface area contributed by atoms with Crippen LogP contribution >= 0.6 is 0 Å². The molecule has 0 fully saturated rings. The topological polar surface area (TPSA) is 0 Å². The molecule has 0 N–H and O–H groups in total. The zero-order valence-electron chi connectivity index (χ0n) is 4.02. The van der Waals surface area contributed by atoms with Crippen LogP contribution in [0.15, 0.2) is 24.3 Å². The quantitative estimate of drug-likeness (QED) is 0.413. The van der Waals surface area contributed by atoms with Crippen molar-refractivity contribution in [2.45, 2.75) is 0 Å². The third kappa shape index (κ3) is 0.620. The molecule has 0 saturated carbocycles. The number of rotatable bonds is 0. The molecular formula is C6H4Ca. The first-order valence-electron chi connectivity index (χ1n) is 2.53. The maximum absolute atomic E-state index is 2.31. The molecule has 0 saturated heterocycles. The van der Waals surface area contributed by atoms with Crippen LogP contribution in [-0.4, -0.2) is 33.8 Å². The van der Waals surface area contributed by atoms with Crippen molar-refractivity contribution in [1.82, 2.24) is 0 Å². The van der Waals surface area contributed by atoms with Gasteiger partial charge in [0, 0.05) is 0 Å². The van der Waals surface area contributed by atoms with E-state index in [0.717, 1.165) is 0 Å². The van der Waals surface area contributed by atoms with E-state index in [2.05, 4.69) is 24.3 Å². The Labute approximate surface area is 60.8 Å². The average molecular weight is 116 g/mol. The summed E-state index contributed by atoms with van der Waals surface area (Å²) < 4.78 is 3.34. The number of fused-ring (bicyclic) bond motifs is 2. The minimum atomic E-state index is -0.203. The summed E-state index contributed by atoms with van der Waals surface area (Å²) in [5, 5.41) is 0. The molecule has 1 aromatic rings. The van der Waals surface area contributed by atoms with E-state index in [9.17, 15) is 0 Å². The molecule has 2 bridgehead atoms. The van der Waals surface area contributed by atoms with Crippen LogP contribution < -0.4 is 3.32 Å². The summed E-state index contributed by atoms with van der Waals surface area (Å²) >= 11 is -0.203. The summed E-state index contributed by atoms with van der Waals surface area (Å²) in [5.74, 6) is 0. The van der Waals surface area contributed by atoms with E-state index < -0.39 is 0 Å². The number of hydrogen-bond donors (Lipinski definition) is 0. The molecule has 7 heavy (non-hydrogen) atoms. The van der Waals surface area contributed by atoms with Crippen LogP contribution in [0.4, 0.5) is 0 Å². The monoisotopic (exact) mass is 116 g/mol. The van der Waals surface area contributed by atoms with E-state index in [4.69, 9.17) is 0 Å². The molecule has 3 rings (SSSR count). The Morgan fingerprint density at radius 2 is 1.71 bits per heavy atom. The molecule has 0 aliphatic carbocycles. The summed E-state index contributed by atoms with van der Waals surface area (Å²) in [6.45, 7) is 0. The van der Waals surface area contributed by atoms with Crippen molar-refractivity contribution in [2.75, 3.05) is 0 Å². The van der Waals surface area contributed by atoms with Gasteiger partial charge in [-0.15, -0.1) is 0 Å². The molecule has 0 aromatic heterocycles. The first kappa shape index (κ1) is 4.37. The molecular weight excluding hydrogens is 112 g/mol. The predicted molar refractivity (Wildman–Crippen MR) is 31.5 cm³/mol. The fourth-order valence-electron chi connectivity index (χ4n) is 0.954. The zero-order chi connectivity index (χ0) is 4.69. The molecule has 0 radical (unpaired) electrons. The minimum absolute atomic E-state index is 0.203. The van der Waals surface area contributed by atoms with E-state index in [0.29, 0.717) is 0 Å². The third-order valence-corrected chi connectivity index (χ3v) is 4.05. The first-order chi connectivity index (χ1) is 3.45. The van der Waals surface area contributed by atoms with E-state index in [1.165, 1.54) is 0 Å². The van der Waals surface area contributed by atoms with Gasteiger partial charge in [0.15, 0.2) is 0 Å². The predicted octanol–water partition coefficient (Wildman–Crippen LogP) is -0.345. The molecule has 2 aliphatic rings. The molecule has 2 aliphatic heterocycles. The van der Waals surface area contributed by atoms with Gasteiger partial charge in [-0.1, -0.05) is 0 Å². The molecule has 30 valence electrons. The average Bonchev–Trinajstić information content (AvgIpc) is 1.67. The van der Waals surface area contributed by atoms with Gasteiger partial charge in [-0.05, 0) is 0 Å². The molecule has 0 atom stereocenters. The second-order valence-corrected chi connectivity index (χ2v) is 5.10. The van der Waals surface area contributed by atoms with Gasteiger partial charge in [0.05, 0.1) is 0 Å². The van der Waals surface area contributed by atoms with Gasteiger partial charge >= 0.3 is 61.4 Å². The van der Waals surface area contributed by atoms with E-state index in [-0.39, 0.29) is 33.8 Å². The van der Waals surface area contributed by atoms with Crippen LogP contribution in [0.2, 0.25) is 0 Å². The van der Waals surface area contributed by atoms with Crippen molar-refractivity contribution in [3.8, 4) is 0 Å². The third-order valence-electron chi connectivity index (χ3n) is 1.40. The molecule has 0 amide bonds. The Balaban J connectivity index is 2.78. The standard InChI is InChI=1S/C6H4.Ca/c1-2-4-6-5-3-1;/h1-3,6H;. The van der Waals surface area contributed by atoms with Crippen LogP contribution in [0.25, 0.3) is 0 Å². The van der Waals surface area contributed by atoms with Gasteiger partial charge in [-0.3, -0.25) is 0 Å². The summed E-state index contributed by atoms with van der Waals surface area (Å²) in [5.41, 5.74) is 0. The summed E-state index contributed by atoms with van der Waals surface area (Å²) in [4.78, 5) is 0. The normalized spacial score (nSPS) is 10.9. The molecule has 1 aromatic carbocycles. The van der Waals surface area contributed by atoms with Gasteiger partial charge in [-0.25, -0.2) is 0 Å². The van der Waals surface area contributed by atoms with Gasteiger partial charge in [0.2, 0.25) is 0 Å². The van der Waals surface area contributed by atoms with Crippen molar-refractivity contribution in [3.05, 3.63) is 24.3 Å². The van der Waals surface area contributed by atoms with Crippen LogP contribution in [0.3, 0.4) is 0 Å². The van der Waals surface area contributed by atoms with Crippen LogP contribution in [0.1, 0.15) is 0 Å². The number of hydrogen-bond acceptors (Lipinski definition) is 0. The maximum atomic E-state index is 2.31. The fourth-order valence-corrected chi connectivity index (χ4v) is 2.99. The van der Waals surface area contributed by atoms with Gasteiger partial charge in [0.1, 0.15) is 0 Å². The summed E-state index contributed by atoms with van der Waals surface area (Å²) in [7, 11) is 0. The molecule has 0 nitrogen and oxygen atoms in total. The Bertz CT molecular complexity index is 168. The van der Waals surface area contributed by atoms with Crippen molar-refractivity contribution in [1.29, 1.82) is 0 Å². The Morgan fingerprint density at radius 3 is 1.86 bits per heavy atom. The van der Waals surface area contributed by atoms with Gasteiger partial charge in [-0.2, -0.15) is 0 Å². The molecule has 0 spiro atoms. The summed E-state index contributed by atoms with van der Waals surface area (Å²) in [6, 6.07) is 8.94. The van der Waals surface area contributed by atoms with Crippen LogP contribution in [0, 0.1) is 0 Å². The van der Waals surface area contributed by atoms with Gasteiger partial charge in [0.25, 0.3) is 0 Å². The molecule has 1 heteroatoms. The Morgan fingerprint density at radius 1 is 1.14 bits per heavy atom. The second-order valence-electron chi connectivity index (χ2n) is 2.00. The summed E-state index contributed by atoms with van der Waals surface area (Å²) in [6.07, 6.45) is 0. The van der Waals surface area contributed by atoms with E-state index in [1.54, 1.807) is 3.32 Å². The van der Waals surface area contributed by atoms with Gasteiger partial charge < -0.3 is 0 Å². The number of benzene rings is 1. The SMILES string of the molecule is c1c[c]2c[c](c1)[Ca]2. The molecule has 2 heterocycles. The van der Waals surface area contributed by atoms with Crippen molar-refractivity contribution >= 4 is 37.2 Å². The second kappa shape index (κ2) is 1.48. The molecule has 0 unspecified atom stereocenters. The Hall–Kier alpha value is 0.480. The Kier molecular flexibility index (Phi) is 0.921. The first-order valence-corrected chi connectivity index (χ1v) is 4.74. The van der Waals surface area contributed by atoms with Crippen LogP contribution in [0.5, 0.6) is 0 Å². The van der Waals surface area contributed by atoms with Crippen LogP contribution in [-0.2, 0) is 0 Å². The van der Waals surface area contributed by atoms with Crippen molar-refractivity contribution in [2.24, 2.45) is 0 Å². The van der Waals surface area contributed by atoms with E-state index >= 15 is 0 Å². The van der Waals surface area contributed by atoms with Crippen molar-refractivity contribution in [3.63, 3.8) is 0 Å². The van der Waals surface area contributed by atoms with E-state index in [1.807, 2.05) is 0 Å². The zero-order valence-corrected chi connectivity index (χ0v) is 6.22. The fraction of sp³-hybridized carbons (Fsp3) is 0. The van der Waals surface area contributed by atoms with Crippen molar-refractivity contribution < 1.29 is 0 Å².